The van der Waals surface area contributed by atoms with Gasteiger partial charge in [-0.05, 0) is 26.0 Å². The van der Waals surface area contributed by atoms with Crippen LogP contribution in [-0.2, 0) is 9.59 Å². The van der Waals surface area contributed by atoms with Crippen molar-refractivity contribution >= 4 is 35.3 Å². The predicted octanol–water partition coefficient (Wildman–Crippen LogP) is 1.86. The average molecular weight is 387 g/mol. The maximum absolute atomic E-state index is 12.1. The molecule has 3 N–H and O–H groups in total. The molecule has 2 amide bonds. The van der Waals surface area contributed by atoms with Crippen LogP contribution < -0.4 is 10.6 Å². The molecule has 27 heavy (non-hydrogen) atoms. The Hall–Kier alpha value is -3.21. The van der Waals surface area contributed by atoms with E-state index in [-0.39, 0.29) is 23.5 Å². The molecular formula is C16H17N7O3S. The number of pyridine rings is 1. The van der Waals surface area contributed by atoms with Gasteiger partial charge in [0.25, 0.3) is 0 Å². The normalized spacial score (nSPS) is 11.8. The standard InChI is InChI=1S/C16H17N7O3S/c1-9-7-12(23-26-9)18-15(25)10(2)27-8-13(24)19-16-20-14(21-22-16)11-5-3-4-6-17-11/h3-7,10H,8H2,1-2H3,(H,18,23,25)(H2,19,20,21,22,24). The first-order valence-corrected chi connectivity index (χ1v) is 9.05. The number of hydrogen-bond acceptors (Lipinski definition) is 8. The Morgan fingerprint density at radius 1 is 1.33 bits per heavy atom. The van der Waals surface area contributed by atoms with Gasteiger partial charge in [-0.2, -0.15) is 4.98 Å². The Kier molecular flexibility index (Phi) is 5.81. The van der Waals surface area contributed by atoms with Crippen LogP contribution in [0.2, 0.25) is 0 Å². The van der Waals surface area contributed by atoms with Crippen LogP contribution in [0.3, 0.4) is 0 Å². The topological polar surface area (TPSA) is 139 Å². The zero-order chi connectivity index (χ0) is 19.2. The lowest BCUT2D eigenvalue weighted by Crippen LogP contribution is -2.25. The molecule has 0 aliphatic carbocycles. The molecule has 0 fully saturated rings. The van der Waals surface area contributed by atoms with Crippen LogP contribution in [0.5, 0.6) is 0 Å². The van der Waals surface area contributed by atoms with E-state index >= 15 is 0 Å². The maximum atomic E-state index is 12.1. The minimum Gasteiger partial charge on any atom is -0.360 e. The van der Waals surface area contributed by atoms with Crippen LogP contribution in [0, 0.1) is 6.92 Å². The number of hydrogen-bond donors (Lipinski definition) is 3. The number of amides is 2. The van der Waals surface area contributed by atoms with Gasteiger partial charge in [0.1, 0.15) is 11.5 Å². The highest BCUT2D eigenvalue weighted by Crippen LogP contribution is 2.15. The molecule has 10 nitrogen and oxygen atoms in total. The number of carbonyl (C=O) groups is 2. The molecule has 0 aromatic carbocycles. The molecular weight excluding hydrogens is 370 g/mol. The Bertz CT molecular complexity index is 925. The van der Waals surface area contributed by atoms with Crippen LogP contribution in [0.1, 0.15) is 12.7 Å². The van der Waals surface area contributed by atoms with Crippen molar-refractivity contribution in [2.24, 2.45) is 0 Å². The summed E-state index contributed by atoms with van der Waals surface area (Å²) in [5.41, 5.74) is 0.619. The summed E-state index contributed by atoms with van der Waals surface area (Å²) in [6.07, 6.45) is 1.64. The third kappa shape index (κ3) is 5.14. The van der Waals surface area contributed by atoms with Gasteiger partial charge in [0.05, 0.1) is 11.0 Å². The van der Waals surface area contributed by atoms with Crippen molar-refractivity contribution in [1.29, 1.82) is 0 Å². The van der Waals surface area contributed by atoms with Crippen molar-refractivity contribution in [3.63, 3.8) is 0 Å². The van der Waals surface area contributed by atoms with Crippen molar-refractivity contribution in [2.45, 2.75) is 19.1 Å². The summed E-state index contributed by atoms with van der Waals surface area (Å²) < 4.78 is 4.89. The van der Waals surface area contributed by atoms with E-state index in [2.05, 4.69) is 36.0 Å². The fraction of sp³-hybridized carbons (Fsp3) is 0.250. The molecule has 0 aliphatic heterocycles. The Morgan fingerprint density at radius 3 is 2.89 bits per heavy atom. The summed E-state index contributed by atoms with van der Waals surface area (Å²) in [6.45, 7) is 3.43. The largest absolute Gasteiger partial charge is 0.360 e. The fourth-order valence-electron chi connectivity index (χ4n) is 2.03. The molecule has 11 heteroatoms. The van der Waals surface area contributed by atoms with Gasteiger partial charge in [-0.15, -0.1) is 16.9 Å². The first kappa shape index (κ1) is 18.6. The molecule has 3 rings (SSSR count). The SMILES string of the molecule is Cc1cc(NC(=O)C(C)SCC(=O)Nc2n[nH]c(-c3ccccn3)n2)no1. The molecule has 0 radical (unpaired) electrons. The lowest BCUT2D eigenvalue weighted by Gasteiger charge is -2.09. The van der Waals surface area contributed by atoms with Gasteiger partial charge >= 0.3 is 0 Å². The number of nitrogens with zero attached hydrogens (tertiary/aromatic N) is 4. The summed E-state index contributed by atoms with van der Waals surface area (Å²) in [5.74, 6) is 1.03. The molecule has 3 aromatic rings. The second-order valence-corrected chi connectivity index (χ2v) is 6.87. The molecule has 1 unspecified atom stereocenters. The van der Waals surface area contributed by atoms with E-state index in [1.807, 2.05) is 6.07 Å². The molecule has 0 aliphatic rings. The summed E-state index contributed by atoms with van der Waals surface area (Å²) in [6, 6.07) is 7.01. The summed E-state index contributed by atoms with van der Waals surface area (Å²) in [7, 11) is 0. The molecule has 3 heterocycles. The van der Waals surface area contributed by atoms with Gasteiger partial charge in [0.2, 0.25) is 17.8 Å². The number of anilines is 2. The van der Waals surface area contributed by atoms with Gasteiger partial charge in [0.15, 0.2) is 11.6 Å². The quantitative estimate of drug-likeness (QED) is 0.558. The number of nitrogens with one attached hydrogen (secondary N) is 3. The third-order valence-electron chi connectivity index (χ3n) is 3.36. The number of aryl methyl sites for hydroxylation is 1. The zero-order valence-corrected chi connectivity index (χ0v) is 15.4. The van der Waals surface area contributed by atoms with E-state index in [1.54, 1.807) is 38.2 Å². The minimum absolute atomic E-state index is 0.0693. The van der Waals surface area contributed by atoms with E-state index in [1.165, 1.54) is 11.8 Å². The second-order valence-electron chi connectivity index (χ2n) is 5.54. The monoisotopic (exact) mass is 387 g/mol. The number of rotatable bonds is 7. The molecule has 140 valence electrons. The molecule has 0 bridgehead atoms. The Morgan fingerprint density at radius 2 is 2.19 bits per heavy atom. The lowest BCUT2D eigenvalue weighted by atomic mass is 10.3. The van der Waals surface area contributed by atoms with E-state index in [9.17, 15) is 9.59 Å². The molecule has 0 saturated carbocycles. The van der Waals surface area contributed by atoms with Gasteiger partial charge in [-0.3, -0.25) is 25.0 Å². The van der Waals surface area contributed by atoms with E-state index in [0.717, 1.165) is 0 Å². The molecule has 3 aromatic heterocycles. The van der Waals surface area contributed by atoms with Crippen molar-refractivity contribution in [3.05, 3.63) is 36.2 Å². The van der Waals surface area contributed by atoms with Crippen LogP contribution in [-0.4, -0.2) is 48.1 Å². The van der Waals surface area contributed by atoms with Crippen LogP contribution in [0.4, 0.5) is 11.8 Å². The smallest absolute Gasteiger partial charge is 0.249 e. The zero-order valence-electron chi connectivity index (χ0n) is 14.6. The number of carbonyl (C=O) groups excluding carboxylic acids is 2. The van der Waals surface area contributed by atoms with E-state index in [0.29, 0.717) is 23.1 Å². The summed E-state index contributed by atoms with van der Waals surface area (Å²) in [5, 5.41) is 15.1. The number of thioether (sulfide) groups is 1. The third-order valence-corrected chi connectivity index (χ3v) is 4.50. The van der Waals surface area contributed by atoms with Crippen molar-refractivity contribution < 1.29 is 14.1 Å². The van der Waals surface area contributed by atoms with Gasteiger partial charge in [-0.1, -0.05) is 11.2 Å². The van der Waals surface area contributed by atoms with Gasteiger partial charge in [0, 0.05) is 12.3 Å². The van der Waals surface area contributed by atoms with Crippen LogP contribution in [0.25, 0.3) is 11.5 Å². The van der Waals surface area contributed by atoms with Gasteiger partial charge in [-0.25, -0.2) is 0 Å². The minimum atomic E-state index is -0.455. The Balaban J connectivity index is 1.46. The van der Waals surface area contributed by atoms with Crippen LogP contribution >= 0.6 is 11.8 Å². The second kappa shape index (κ2) is 8.45. The van der Waals surface area contributed by atoms with E-state index < -0.39 is 5.25 Å². The number of aromatic amines is 1. The lowest BCUT2D eigenvalue weighted by molar-refractivity contribution is -0.115. The van der Waals surface area contributed by atoms with Crippen molar-refractivity contribution in [2.75, 3.05) is 16.4 Å². The molecule has 1 atom stereocenters. The molecule has 0 saturated heterocycles. The van der Waals surface area contributed by atoms with Gasteiger partial charge < -0.3 is 9.84 Å². The average Bonchev–Trinajstić information content (AvgIpc) is 3.29. The van der Waals surface area contributed by atoms with Crippen LogP contribution in [0.15, 0.2) is 35.0 Å². The maximum Gasteiger partial charge on any atom is 0.249 e. The highest BCUT2D eigenvalue weighted by molar-refractivity contribution is 8.01. The number of H-pyrrole nitrogens is 1. The number of aromatic nitrogens is 5. The Labute approximate surface area is 158 Å². The first-order chi connectivity index (χ1) is 13.0. The van der Waals surface area contributed by atoms with Crippen molar-refractivity contribution in [3.8, 4) is 11.5 Å². The highest BCUT2D eigenvalue weighted by Gasteiger charge is 2.17. The molecule has 0 spiro atoms. The first-order valence-electron chi connectivity index (χ1n) is 8.00. The summed E-state index contributed by atoms with van der Waals surface area (Å²) >= 11 is 1.18. The predicted molar refractivity (Wildman–Crippen MR) is 100 cm³/mol. The van der Waals surface area contributed by atoms with Crippen molar-refractivity contribution in [1.82, 2.24) is 25.3 Å². The highest BCUT2D eigenvalue weighted by atomic mass is 32.2. The summed E-state index contributed by atoms with van der Waals surface area (Å²) in [4.78, 5) is 32.4. The van der Waals surface area contributed by atoms with E-state index in [4.69, 9.17) is 4.52 Å². The fourth-order valence-corrected chi connectivity index (χ4v) is 2.71.